The highest BCUT2D eigenvalue weighted by Crippen LogP contribution is 2.16. The van der Waals surface area contributed by atoms with Gasteiger partial charge in [-0.15, -0.1) is 0 Å². The van der Waals surface area contributed by atoms with E-state index in [4.69, 9.17) is 14.2 Å². The number of esters is 3. The Bertz CT molecular complexity index is 1480. The highest BCUT2D eigenvalue weighted by atomic mass is 16.6. The zero-order chi connectivity index (χ0) is 54.3. The molecule has 0 heterocycles. The van der Waals surface area contributed by atoms with Crippen molar-refractivity contribution in [1.29, 1.82) is 0 Å². The predicted molar refractivity (Wildman–Crippen MR) is 325 cm³/mol. The Balaban J connectivity index is 4.19. The number of allylic oxidation sites excluding steroid dienone is 16. The van der Waals surface area contributed by atoms with E-state index in [9.17, 15) is 14.4 Å². The van der Waals surface area contributed by atoms with E-state index in [1.807, 2.05) is 0 Å². The third kappa shape index (κ3) is 61.1. The van der Waals surface area contributed by atoms with Crippen molar-refractivity contribution < 1.29 is 28.6 Å². The number of hydrogen-bond donors (Lipinski definition) is 0. The fraction of sp³-hybridized carbons (Fsp3) is 0.725. The summed E-state index contributed by atoms with van der Waals surface area (Å²) in [7, 11) is 0. The van der Waals surface area contributed by atoms with Gasteiger partial charge in [0.05, 0.1) is 0 Å². The molecule has 1 atom stereocenters. The number of unbranched alkanes of at least 4 members (excludes halogenated alkanes) is 30. The highest BCUT2D eigenvalue weighted by molar-refractivity contribution is 5.71. The first-order valence-corrected chi connectivity index (χ1v) is 31.7. The molecule has 0 saturated heterocycles. The predicted octanol–water partition coefficient (Wildman–Crippen LogP) is 21.7. The quantitative estimate of drug-likeness (QED) is 0.0261. The topological polar surface area (TPSA) is 78.9 Å². The summed E-state index contributed by atoms with van der Waals surface area (Å²) in [6, 6.07) is 0. The van der Waals surface area contributed by atoms with Crippen molar-refractivity contribution in [3.8, 4) is 0 Å². The minimum Gasteiger partial charge on any atom is -0.462 e. The monoisotopic (exact) mass is 1040 g/mol. The normalized spacial score (nSPS) is 12.7. The number of carbonyl (C=O) groups excluding carboxylic acids is 3. The van der Waals surface area contributed by atoms with Crippen LogP contribution in [0.3, 0.4) is 0 Å². The molecule has 0 aromatic carbocycles. The van der Waals surface area contributed by atoms with Gasteiger partial charge in [0, 0.05) is 19.3 Å². The number of rotatable bonds is 57. The van der Waals surface area contributed by atoms with Gasteiger partial charge in [-0.05, 0) is 103 Å². The van der Waals surface area contributed by atoms with Crippen LogP contribution in [0.1, 0.15) is 303 Å². The number of carbonyl (C=O) groups is 3. The Hall–Kier alpha value is -3.67. The first-order valence-electron chi connectivity index (χ1n) is 31.7. The van der Waals surface area contributed by atoms with Gasteiger partial charge in [-0.2, -0.15) is 0 Å². The first kappa shape index (κ1) is 71.3. The van der Waals surface area contributed by atoms with Gasteiger partial charge in [0.1, 0.15) is 13.2 Å². The average Bonchev–Trinajstić information content (AvgIpc) is 3.41. The van der Waals surface area contributed by atoms with E-state index in [2.05, 4.69) is 118 Å². The summed E-state index contributed by atoms with van der Waals surface area (Å²) in [5, 5.41) is 0. The van der Waals surface area contributed by atoms with E-state index in [-0.39, 0.29) is 31.1 Å². The smallest absolute Gasteiger partial charge is 0.306 e. The lowest BCUT2D eigenvalue weighted by atomic mass is 10.0. The minimum atomic E-state index is -0.783. The Kier molecular flexibility index (Phi) is 59.8. The lowest BCUT2D eigenvalue weighted by Crippen LogP contribution is -2.30. The third-order valence-corrected chi connectivity index (χ3v) is 13.6. The molecule has 0 aromatic rings. The molecule has 0 aromatic heterocycles. The summed E-state index contributed by atoms with van der Waals surface area (Å²) in [5.41, 5.74) is 0. The molecule has 6 nitrogen and oxygen atoms in total. The van der Waals surface area contributed by atoms with E-state index in [0.29, 0.717) is 19.3 Å². The fourth-order valence-electron chi connectivity index (χ4n) is 8.83. The summed E-state index contributed by atoms with van der Waals surface area (Å²) < 4.78 is 16.9. The van der Waals surface area contributed by atoms with Crippen molar-refractivity contribution in [2.75, 3.05) is 13.2 Å². The first-order chi connectivity index (χ1) is 37.0. The fourth-order valence-corrected chi connectivity index (χ4v) is 8.83. The Morgan fingerprint density at radius 1 is 0.280 bits per heavy atom. The lowest BCUT2D eigenvalue weighted by molar-refractivity contribution is -0.167. The third-order valence-electron chi connectivity index (χ3n) is 13.6. The molecule has 0 N–H and O–H groups in total. The van der Waals surface area contributed by atoms with E-state index in [1.165, 1.54) is 141 Å². The van der Waals surface area contributed by atoms with Crippen molar-refractivity contribution >= 4 is 17.9 Å². The molecule has 0 saturated carbocycles. The van der Waals surface area contributed by atoms with Gasteiger partial charge in [-0.25, -0.2) is 0 Å². The SMILES string of the molecule is CC/C=C\C/C=C\C/C=C\C/C=C\C/C=C\C/C=C\CCCCCCCCCCCCCCC(=O)OCC(COC(=O)CCCCCCCCCCCC)OC(=O)CCCCCCC/C=C\C/C=C\CCCCCC. The van der Waals surface area contributed by atoms with Crippen molar-refractivity contribution in [2.45, 2.75) is 309 Å². The summed E-state index contributed by atoms with van der Waals surface area (Å²) in [6.45, 7) is 6.50. The van der Waals surface area contributed by atoms with Crippen LogP contribution >= 0.6 is 0 Å². The Morgan fingerprint density at radius 2 is 0.520 bits per heavy atom. The molecular formula is C69H118O6. The molecule has 0 rings (SSSR count). The number of ether oxygens (including phenoxy) is 3. The Morgan fingerprint density at radius 3 is 0.827 bits per heavy atom. The molecule has 0 aliphatic rings. The summed E-state index contributed by atoms with van der Waals surface area (Å²) in [4.78, 5) is 38.2. The average molecular weight is 1040 g/mol. The molecule has 0 bridgehead atoms. The molecule has 0 aliphatic carbocycles. The molecular weight excluding hydrogens is 925 g/mol. The lowest BCUT2D eigenvalue weighted by Gasteiger charge is -2.18. The van der Waals surface area contributed by atoms with Gasteiger partial charge in [0.25, 0.3) is 0 Å². The molecule has 0 amide bonds. The van der Waals surface area contributed by atoms with Crippen molar-refractivity contribution in [2.24, 2.45) is 0 Å². The van der Waals surface area contributed by atoms with E-state index < -0.39 is 6.10 Å². The maximum atomic E-state index is 12.9. The second kappa shape index (κ2) is 62.9. The summed E-state index contributed by atoms with van der Waals surface area (Å²) in [6.07, 6.45) is 84.2. The molecule has 1 unspecified atom stereocenters. The molecule has 0 radical (unpaired) electrons. The molecule has 75 heavy (non-hydrogen) atoms. The van der Waals surface area contributed by atoms with Crippen LogP contribution in [-0.4, -0.2) is 37.2 Å². The standard InChI is InChI=1S/C69H118O6/c1-4-7-10-13-16-19-22-24-26-28-29-30-31-32-33-34-35-36-37-38-39-40-41-42-44-45-47-50-53-56-59-62-68(71)74-65-66(64-73-67(70)61-58-55-52-49-21-18-15-12-9-6-3)75-69(72)63-60-57-54-51-48-46-43-27-25-23-20-17-14-11-8-5-2/h7,10,16,19-20,23-24,26-27,29-30,32-33,35-36,43,66H,4-6,8-9,11-15,17-18,21-22,25,28,31,34,37-42,44-65H2,1-3H3/b10-7-,19-16-,23-20-,26-24-,30-29-,33-32-,36-35-,43-27-. The molecule has 430 valence electrons. The zero-order valence-corrected chi connectivity index (χ0v) is 49.3. The Labute approximate surface area is 464 Å². The maximum Gasteiger partial charge on any atom is 0.306 e. The van der Waals surface area contributed by atoms with Crippen LogP contribution in [0.4, 0.5) is 0 Å². The van der Waals surface area contributed by atoms with E-state index in [0.717, 1.165) is 122 Å². The van der Waals surface area contributed by atoms with Crippen molar-refractivity contribution in [1.82, 2.24) is 0 Å². The van der Waals surface area contributed by atoms with Crippen LogP contribution in [0, 0.1) is 0 Å². The highest BCUT2D eigenvalue weighted by Gasteiger charge is 2.19. The molecule has 6 heteroatoms. The van der Waals surface area contributed by atoms with Gasteiger partial charge in [0.15, 0.2) is 6.10 Å². The second-order valence-corrected chi connectivity index (χ2v) is 20.9. The maximum absolute atomic E-state index is 12.9. The van der Waals surface area contributed by atoms with Crippen LogP contribution in [0.15, 0.2) is 97.2 Å². The zero-order valence-electron chi connectivity index (χ0n) is 49.3. The van der Waals surface area contributed by atoms with Crippen LogP contribution in [0.5, 0.6) is 0 Å². The van der Waals surface area contributed by atoms with Crippen molar-refractivity contribution in [3.63, 3.8) is 0 Å². The molecule has 0 fully saturated rings. The van der Waals surface area contributed by atoms with Gasteiger partial charge in [-0.3, -0.25) is 14.4 Å². The molecule has 0 aliphatic heterocycles. The van der Waals surface area contributed by atoms with E-state index >= 15 is 0 Å². The van der Waals surface area contributed by atoms with Gasteiger partial charge < -0.3 is 14.2 Å². The summed E-state index contributed by atoms with van der Waals surface area (Å²) in [5.74, 6) is -0.889. The van der Waals surface area contributed by atoms with Gasteiger partial charge >= 0.3 is 17.9 Å². The van der Waals surface area contributed by atoms with Gasteiger partial charge in [-0.1, -0.05) is 279 Å². The minimum absolute atomic E-state index is 0.0804. The van der Waals surface area contributed by atoms with Gasteiger partial charge in [0.2, 0.25) is 0 Å². The van der Waals surface area contributed by atoms with Crippen LogP contribution in [0.2, 0.25) is 0 Å². The van der Waals surface area contributed by atoms with Crippen LogP contribution in [-0.2, 0) is 28.6 Å². The second-order valence-electron chi connectivity index (χ2n) is 20.9. The van der Waals surface area contributed by atoms with Crippen molar-refractivity contribution in [3.05, 3.63) is 97.2 Å². The van der Waals surface area contributed by atoms with Crippen LogP contribution in [0.25, 0.3) is 0 Å². The van der Waals surface area contributed by atoms with Crippen LogP contribution < -0.4 is 0 Å². The summed E-state index contributed by atoms with van der Waals surface area (Å²) >= 11 is 0. The van der Waals surface area contributed by atoms with E-state index in [1.54, 1.807) is 0 Å². The largest absolute Gasteiger partial charge is 0.462 e. The number of hydrogen-bond acceptors (Lipinski definition) is 6. The molecule has 0 spiro atoms.